The molecule has 8 heteroatoms. The minimum atomic E-state index is -0.974. The zero-order chi connectivity index (χ0) is 18.0. The van der Waals surface area contributed by atoms with E-state index >= 15 is 0 Å². The monoisotopic (exact) mass is 341 g/mol. The summed E-state index contributed by atoms with van der Waals surface area (Å²) in [5.41, 5.74) is 0.884. The van der Waals surface area contributed by atoms with E-state index in [-0.39, 0.29) is 11.7 Å². The highest BCUT2D eigenvalue weighted by Gasteiger charge is 2.23. The van der Waals surface area contributed by atoms with Gasteiger partial charge in [0.2, 0.25) is 0 Å². The molecule has 1 amide bonds. The number of H-pyrrole nitrogens is 1. The summed E-state index contributed by atoms with van der Waals surface area (Å²) in [4.78, 5) is 24.6. The Labute approximate surface area is 144 Å². The molecular formula is C17H19N5O3. The summed E-state index contributed by atoms with van der Waals surface area (Å²) in [5.74, 6) is -0.541. The molecule has 0 radical (unpaired) electrons. The number of esters is 1. The van der Waals surface area contributed by atoms with Gasteiger partial charge in [-0.2, -0.15) is 10.2 Å². The van der Waals surface area contributed by atoms with Crippen LogP contribution in [0.15, 0.2) is 36.5 Å². The Bertz CT molecular complexity index is 912. The summed E-state index contributed by atoms with van der Waals surface area (Å²) in [6.45, 7) is 5.42. The van der Waals surface area contributed by atoms with Crippen molar-refractivity contribution >= 4 is 28.6 Å². The van der Waals surface area contributed by atoms with E-state index in [0.29, 0.717) is 11.2 Å². The molecule has 8 nitrogen and oxygen atoms in total. The Kier molecular flexibility index (Phi) is 4.51. The van der Waals surface area contributed by atoms with Crippen LogP contribution in [0, 0.1) is 0 Å². The largest absolute Gasteiger partial charge is 0.448 e. The van der Waals surface area contributed by atoms with E-state index in [2.05, 4.69) is 20.6 Å². The lowest BCUT2D eigenvalue weighted by Gasteiger charge is -2.15. The molecular weight excluding hydrogens is 322 g/mol. The fourth-order valence-electron chi connectivity index (χ4n) is 2.44. The first-order valence-electron chi connectivity index (χ1n) is 7.96. The number of aromatic amines is 1. The van der Waals surface area contributed by atoms with Crippen LogP contribution in [-0.2, 0) is 9.53 Å². The first kappa shape index (κ1) is 16.7. The van der Waals surface area contributed by atoms with Gasteiger partial charge in [-0.25, -0.2) is 9.48 Å². The third kappa shape index (κ3) is 3.37. The Morgan fingerprint density at radius 1 is 1.20 bits per heavy atom. The molecule has 3 aromatic rings. The molecule has 2 heterocycles. The smallest absolute Gasteiger partial charge is 0.360 e. The predicted octanol–water partition coefficient (Wildman–Crippen LogP) is 2.52. The number of hydrogen-bond acceptors (Lipinski definition) is 5. The van der Waals surface area contributed by atoms with Crippen molar-refractivity contribution in [2.45, 2.75) is 32.9 Å². The van der Waals surface area contributed by atoms with Gasteiger partial charge in [-0.3, -0.25) is 9.89 Å². The first-order valence-corrected chi connectivity index (χ1v) is 7.96. The highest BCUT2D eigenvalue weighted by atomic mass is 16.5. The maximum Gasteiger partial charge on any atom is 0.360 e. The number of benzene rings is 1. The summed E-state index contributed by atoms with van der Waals surface area (Å²) in [6.07, 6.45) is 0.626. The topological polar surface area (TPSA) is 102 Å². The molecule has 1 aromatic carbocycles. The predicted molar refractivity (Wildman–Crippen MR) is 92.2 cm³/mol. The number of carbonyl (C=O) groups excluding carboxylic acids is 2. The quantitative estimate of drug-likeness (QED) is 0.694. The maximum absolute atomic E-state index is 12.3. The van der Waals surface area contributed by atoms with Gasteiger partial charge in [-0.15, -0.1) is 0 Å². The van der Waals surface area contributed by atoms with Crippen LogP contribution in [0.1, 0.15) is 37.3 Å². The number of amides is 1. The van der Waals surface area contributed by atoms with Crippen LogP contribution in [0.2, 0.25) is 0 Å². The average Bonchev–Trinajstić information content (AvgIpc) is 3.21. The van der Waals surface area contributed by atoms with E-state index in [1.165, 1.54) is 6.92 Å². The number of para-hydroxylation sites is 1. The normalized spacial score (nSPS) is 12.3. The van der Waals surface area contributed by atoms with Gasteiger partial charge in [-0.1, -0.05) is 18.2 Å². The molecule has 1 atom stereocenters. The zero-order valence-corrected chi connectivity index (χ0v) is 14.2. The second-order valence-corrected chi connectivity index (χ2v) is 5.91. The van der Waals surface area contributed by atoms with Gasteiger partial charge in [-0.05, 0) is 26.8 Å². The zero-order valence-electron chi connectivity index (χ0n) is 14.2. The molecule has 25 heavy (non-hydrogen) atoms. The molecule has 0 aliphatic heterocycles. The number of fused-ring (bicyclic) bond motifs is 1. The van der Waals surface area contributed by atoms with Gasteiger partial charge in [0.05, 0.1) is 11.7 Å². The maximum atomic E-state index is 12.3. The Morgan fingerprint density at radius 3 is 2.72 bits per heavy atom. The molecule has 0 fully saturated rings. The van der Waals surface area contributed by atoms with E-state index < -0.39 is 18.0 Å². The van der Waals surface area contributed by atoms with Crippen LogP contribution in [-0.4, -0.2) is 38.0 Å². The second-order valence-electron chi connectivity index (χ2n) is 5.91. The van der Waals surface area contributed by atoms with Crippen LogP contribution in [0.4, 0.5) is 5.82 Å². The lowest BCUT2D eigenvalue weighted by molar-refractivity contribution is -0.123. The first-order chi connectivity index (χ1) is 12.0. The minimum absolute atomic E-state index is 0.0959. The standard InChI is InChI=1S/C17H19N5O3/c1-10(2)22-14(8-9-18-22)19-16(23)11(3)25-17(24)15-12-6-4-5-7-13(12)20-21-15/h4-11H,1-3H3,(H,19,23)(H,20,21)/t11-/m0/s1. The van der Waals surface area contributed by atoms with Crippen molar-refractivity contribution in [1.82, 2.24) is 20.0 Å². The van der Waals surface area contributed by atoms with E-state index in [1.807, 2.05) is 26.0 Å². The fraction of sp³-hybridized carbons (Fsp3) is 0.294. The fourth-order valence-corrected chi connectivity index (χ4v) is 2.44. The number of anilines is 1. The molecule has 3 rings (SSSR count). The number of carbonyl (C=O) groups is 2. The van der Waals surface area contributed by atoms with Crippen LogP contribution in [0.5, 0.6) is 0 Å². The molecule has 2 aromatic heterocycles. The molecule has 0 unspecified atom stereocenters. The van der Waals surface area contributed by atoms with Gasteiger partial charge in [0.25, 0.3) is 5.91 Å². The van der Waals surface area contributed by atoms with Crippen molar-refractivity contribution in [3.05, 3.63) is 42.2 Å². The SMILES string of the molecule is CC(C)n1nccc1NC(=O)[C@H](C)OC(=O)c1n[nH]c2ccccc12. The summed E-state index contributed by atoms with van der Waals surface area (Å²) in [7, 11) is 0. The van der Waals surface area contributed by atoms with Gasteiger partial charge < -0.3 is 10.1 Å². The number of nitrogens with one attached hydrogen (secondary N) is 2. The summed E-state index contributed by atoms with van der Waals surface area (Å²) >= 11 is 0. The van der Waals surface area contributed by atoms with E-state index in [9.17, 15) is 9.59 Å². The van der Waals surface area contributed by atoms with Crippen LogP contribution in [0.3, 0.4) is 0 Å². The molecule has 0 saturated carbocycles. The lowest BCUT2D eigenvalue weighted by Crippen LogP contribution is -2.31. The minimum Gasteiger partial charge on any atom is -0.448 e. The van der Waals surface area contributed by atoms with E-state index in [4.69, 9.17) is 4.74 Å². The third-order valence-corrected chi connectivity index (χ3v) is 3.73. The number of nitrogens with zero attached hydrogens (tertiary/aromatic N) is 3. The average molecular weight is 341 g/mol. The van der Waals surface area contributed by atoms with Gasteiger partial charge >= 0.3 is 5.97 Å². The van der Waals surface area contributed by atoms with Gasteiger partial charge in [0.15, 0.2) is 11.8 Å². The van der Waals surface area contributed by atoms with Crippen molar-refractivity contribution in [2.24, 2.45) is 0 Å². The second kappa shape index (κ2) is 6.76. The van der Waals surface area contributed by atoms with Crippen molar-refractivity contribution in [1.29, 1.82) is 0 Å². The van der Waals surface area contributed by atoms with Crippen LogP contribution >= 0.6 is 0 Å². The highest BCUT2D eigenvalue weighted by molar-refractivity contribution is 6.03. The van der Waals surface area contributed by atoms with Crippen molar-refractivity contribution in [3.63, 3.8) is 0 Å². The molecule has 0 spiro atoms. The molecule has 0 aliphatic rings. The Morgan fingerprint density at radius 2 is 1.96 bits per heavy atom. The third-order valence-electron chi connectivity index (χ3n) is 3.73. The van der Waals surface area contributed by atoms with Crippen LogP contribution < -0.4 is 5.32 Å². The highest BCUT2D eigenvalue weighted by Crippen LogP contribution is 2.17. The Balaban J connectivity index is 1.69. The van der Waals surface area contributed by atoms with Crippen molar-refractivity contribution < 1.29 is 14.3 Å². The number of rotatable bonds is 5. The molecule has 130 valence electrons. The van der Waals surface area contributed by atoms with E-state index in [1.54, 1.807) is 29.1 Å². The molecule has 2 N–H and O–H groups in total. The van der Waals surface area contributed by atoms with Gasteiger partial charge in [0.1, 0.15) is 5.82 Å². The van der Waals surface area contributed by atoms with Crippen molar-refractivity contribution in [3.8, 4) is 0 Å². The molecule has 0 bridgehead atoms. The lowest BCUT2D eigenvalue weighted by atomic mass is 10.2. The molecule has 0 saturated heterocycles. The number of aromatic nitrogens is 4. The van der Waals surface area contributed by atoms with E-state index in [0.717, 1.165) is 5.52 Å². The summed E-state index contributed by atoms with van der Waals surface area (Å²) in [6, 6.07) is 9.00. The van der Waals surface area contributed by atoms with Crippen molar-refractivity contribution in [2.75, 3.05) is 5.32 Å². The summed E-state index contributed by atoms with van der Waals surface area (Å²) in [5, 5.41) is 14.3. The van der Waals surface area contributed by atoms with Crippen LogP contribution in [0.25, 0.3) is 10.9 Å². The molecule has 0 aliphatic carbocycles. The Hall–Kier alpha value is -3.16. The number of ether oxygens (including phenoxy) is 1. The van der Waals surface area contributed by atoms with Gasteiger partial charge in [0, 0.05) is 17.5 Å². The number of hydrogen-bond donors (Lipinski definition) is 2. The summed E-state index contributed by atoms with van der Waals surface area (Å²) < 4.78 is 6.92.